The molecular formula is C10H16N2O5. The number of aliphatic carboxylic acids is 1. The molecule has 0 aromatic carbocycles. The van der Waals surface area contributed by atoms with Crippen LogP contribution < -0.4 is 5.32 Å². The van der Waals surface area contributed by atoms with Crippen LogP contribution in [0.3, 0.4) is 0 Å². The van der Waals surface area contributed by atoms with E-state index in [0.717, 1.165) is 0 Å². The quantitative estimate of drug-likeness (QED) is 0.565. The highest BCUT2D eigenvalue weighted by Gasteiger charge is 2.34. The van der Waals surface area contributed by atoms with Crippen molar-refractivity contribution in [3.05, 3.63) is 0 Å². The van der Waals surface area contributed by atoms with E-state index in [0.29, 0.717) is 13.2 Å². The van der Waals surface area contributed by atoms with Gasteiger partial charge in [-0.2, -0.15) is 0 Å². The zero-order valence-corrected chi connectivity index (χ0v) is 9.64. The number of rotatable bonds is 6. The van der Waals surface area contributed by atoms with Crippen molar-refractivity contribution in [3.63, 3.8) is 0 Å². The van der Waals surface area contributed by atoms with Crippen molar-refractivity contribution < 1.29 is 24.2 Å². The van der Waals surface area contributed by atoms with Gasteiger partial charge in [0.2, 0.25) is 11.8 Å². The molecule has 0 saturated carbocycles. The number of amides is 2. The Bertz CT molecular complexity index is 318. The summed E-state index contributed by atoms with van der Waals surface area (Å²) in [5, 5.41) is 11.3. The first-order valence-electron chi connectivity index (χ1n) is 5.30. The topological polar surface area (TPSA) is 95.9 Å². The van der Waals surface area contributed by atoms with Crippen LogP contribution in [0.1, 0.15) is 6.42 Å². The van der Waals surface area contributed by atoms with E-state index in [-0.39, 0.29) is 31.3 Å². The summed E-state index contributed by atoms with van der Waals surface area (Å²) >= 11 is 0. The molecule has 2 amide bonds. The van der Waals surface area contributed by atoms with E-state index in [1.165, 1.54) is 12.0 Å². The summed E-state index contributed by atoms with van der Waals surface area (Å²) in [5.74, 6) is -2.30. The first-order valence-corrected chi connectivity index (χ1v) is 5.30. The Kier molecular flexibility index (Phi) is 4.89. The Morgan fingerprint density at radius 3 is 2.82 bits per heavy atom. The number of hydrogen-bond donors (Lipinski definition) is 2. The molecule has 2 N–H and O–H groups in total. The van der Waals surface area contributed by atoms with Crippen LogP contribution in [-0.2, 0) is 19.1 Å². The second-order valence-electron chi connectivity index (χ2n) is 3.86. The molecule has 1 unspecified atom stereocenters. The molecule has 96 valence electrons. The van der Waals surface area contributed by atoms with Crippen LogP contribution in [0.25, 0.3) is 0 Å². The van der Waals surface area contributed by atoms with Gasteiger partial charge in [0, 0.05) is 26.6 Å². The van der Waals surface area contributed by atoms with E-state index in [4.69, 9.17) is 9.84 Å². The third-order valence-electron chi connectivity index (χ3n) is 2.53. The number of nitrogens with zero attached hydrogens (tertiary/aromatic N) is 1. The summed E-state index contributed by atoms with van der Waals surface area (Å²) in [4.78, 5) is 34.8. The van der Waals surface area contributed by atoms with Crippen LogP contribution in [0.5, 0.6) is 0 Å². The molecule has 1 rings (SSSR count). The zero-order chi connectivity index (χ0) is 12.8. The minimum Gasteiger partial charge on any atom is -0.481 e. The molecule has 7 heteroatoms. The van der Waals surface area contributed by atoms with Crippen LogP contribution in [0.2, 0.25) is 0 Å². The number of ether oxygens (including phenoxy) is 1. The molecule has 1 aliphatic rings. The van der Waals surface area contributed by atoms with Gasteiger partial charge in [-0.05, 0) is 0 Å². The summed E-state index contributed by atoms with van der Waals surface area (Å²) in [6, 6.07) is 0. The summed E-state index contributed by atoms with van der Waals surface area (Å²) in [6.07, 6.45) is -0.0271. The highest BCUT2D eigenvalue weighted by Crippen LogP contribution is 2.17. The number of likely N-dealkylation sites (tertiary alicyclic amines) is 1. The normalized spacial score (nSPS) is 19.5. The lowest BCUT2D eigenvalue weighted by Crippen LogP contribution is -2.39. The van der Waals surface area contributed by atoms with Crippen LogP contribution in [0.15, 0.2) is 0 Å². The largest absolute Gasteiger partial charge is 0.481 e. The monoisotopic (exact) mass is 244 g/mol. The Morgan fingerprint density at radius 2 is 2.29 bits per heavy atom. The summed E-state index contributed by atoms with van der Waals surface area (Å²) < 4.78 is 4.76. The lowest BCUT2D eigenvalue weighted by molar-refractivity contribution is -0.141. The number of methoxy groups -OCH3 is 1. The number of carbonyl (C=O) groups is 3. The first kappa shape index (κ1) is 13.4. The molecule has 0 aliphatic carbocycles. The van der Waals surface area contributed by atoms with Gasteiger partial charge in [-0.1, -0.05) is 0 Å². The molecule has 1 aliphatic heterocycles. The van der Waals surface area contributed by atoms with Gasteiger partial charge in [0.05, 0.1) is 19.1 Å². The number of hydrogen-bond acceptors (Lipinski definition) is 4. The molecular weight excluding hydrogens is 228 g/mol. The minimum atomic E-state index is -0.999. The fraction of sp³-hybridized carbons (Fsp3) is 0.700. The molecule has 0 spiro atoms. The summed E-state index contributed by atoms with van der Waals surface area (Å²) in [7, 11) is 1.52. The van der Waals surface area contributed by atoms with E-state index in [1.54, 1.807) is 0 Å². The van der Waals surface area contributed by atoms with Gasteiger partial charge in [-0.3, -0.25) is 14.4 Å². The second kappa shape index (κ2) is 6.19. The summed E-state index contributed by atoms with van der Waals surface area (Å²) in [5.41, 5.74) is 0. The van der Waals surface area contributed by atoms with E-state index >= 15 is 0 Å². The zero-order valence-electron chi connectivity index (χ0n) is 9.64. The van der Waals surface area contributed by atoms with Crippen LogP contribution in [0, 0.1) is 5.92 Å². The molecule has 1 atom stereocenters. The van der Waals surface area contributed by atoms with Crippen molar-refractivity contribution in [3.8, 4) is 0 Å². The van der Waals surface area contributed by atoms with Crippen LogP contribution in [-0.4, -0.2) is 61.1 Å². The van der Waals surface area contributed by atoms with Crippen molar-refractivity contribution in [1.82, 2.24) is 10.2 Å². The van der Waals surface area contributed by atoms with Gasteiger partial charge in [0.25, 0.3) is 0 Å². The Balaban J connectivity index is 2.34. The highest BCUT2D eigenvalue weighted by molar-refractivity contribution is 5.89. The average Bonchev–Trinajstić information content (AvgIpc) is 2.61. The number of nitrogens with one attached hydrogen (secondary N) is 1. The molecule has 1 fully saturated rings. The molecule has 1 saturated heterocycles. The van der Waals surface area contributed by atoms with Crippen molar-refractivity contribution in [2.24, 2.45) is 5.92 Å². The number of carboxylic acid groups (broad SMARTS) is 1. The van der Waals surface area contributed by atoms with Crippen molar-refractivity contribution in [1.29, 1.82) is 0 Å². The molecule has 7 nitrogen and oxygen atoms in total. The molecule has 0 aromatic heterocycles. The lowest BCUT2D eigenvalue weighted by Gasteiger charge is -2.15. The Hall–Kier alpha value is -1.63. The predicted octanol–water partition coefficient (Wildman–Crippen LogP) is -1.32. The summed E-state index contributed by atoms with van der Waals surface area (Å²) in [6.45, 7) is 0.787. The van der Waals surface area contributed by atoms with Gasteiger partial charge in [-0.25, -0.2) is 0 Å². The predicted molar refractivity (Wildman–Crippen MR) is 57.2 cm³/mol. The first-order chi connectivity index (χ1) is 8.04. The fourth-order valence-corrected chi connectivity index (χ4v) is 1.61. The third kappa shape index (κ3) is 4.03. The fourth-order valence-electron chi connectivity index (χ4n) is 1.61. The average molecular weight is 244 g/mol. The second-order valence-corrected chi connectivity index (χ2v) is 3.86. The van der Waals surface area contributed by atoms with Crippen LogP contribution >= 0.6 is 0 Å². The maximum Gasteiger partial charge on any atom is 0.308 e. The van der Waals surface area contributed by atoms with Gasteiger partial charge in [0.15, 0.2) is 0 Å². The van der Waals surface area contributed by atoms with Crippen molar-refractivity contribution in [2.45, 2.75) is 6.42 Å². The van der Waals surface area contributed by atoms with E-state index in [2.05, 4.69) is 5.32 Å². The van der Waals surface area contributed by atoms with E-state index in [9.17, 15) is 14.4 Å². The smallest absolute Gasteiger partial charge is 0.308 e. The minimum absolute atomic E-state index is 0.0271. The van der Waals surface area contributed by atoms with Gasteiger partial charge >= 0.3 is 5.97 Å². The number of carboxylic acids is 1. The maximum atomic E-state index is 11.4. The third-order valence-corrected chi connectivity index (χ3v) is 2.53. The SMILES string of the molecule is COCCNC(=O)CN1CC(C(=O)O)CC1=O. The molecule has 1 heterocycles. The van der Waals surface area contributed by atoms with E-state index < -0.39 is 11.9 Å². The molecule has 0 radical (unpaired) electrons. The molecule has 17 heavy (non-hydrogen) atoms. The maximum absolute atomic E-state index is 11.4. The van der Waals surface area contributed by atoms with Gasteiger partial charge in [0.1, 0.15) is 0 Å². The Morgan fingerprint density at radius 1 is 1.59 bits per heavy atom. The standard InChI is InChI=1S/C10H16N2O5/c1-17-3-2-11-8(13)6-12-5-7(10(15)16)4-9(12)14/h7H,2-6H2,1H3,(H,11,13)(H,15,16). The van der Waals surface area contributed by atoms with Gasteiger partial charge < -0.3 is 20.1 Å². The molecule has 0 bridgehead atoms. The van der Waals surface area contributed by atoms with Crippen molar-refractivity contribution >= 4 is 17.8 Å². The number of carbonyl (C=O) groups excluding carboxylic acids is 2. The van der Waals surface area contributed by atoms with E-state index in [1.807, 2.05) is 0 Å². The lowest BCUT2D eigenvalue weighted by atomic mass is 10.1. The van der Waals surface area contributed by atoms with Crippen molar-refractivity contribution in [2.75, 3.05) is 33.4 Å². The molecule has 0 aromatic rings. The van der Waals surface area contributed by atoms with Crippen LogP contribution in [0.4, 0.5) is 0 Å². The van der Waals surface area contributed by atoms with Gasteiger partial charge in [-0.15, -0.1) is 0 Å². The highest BCUT2D eigenvalue weighted by atomic mass is 16.5. The Labute approximate surface area is 98.7 Å².